The molecule has 3 heteroatoms. The number of aryl methyl sites for hydroxylation is 1. The number of likely N-dealkylation sites (tertiary alicyclic amines) is 1. The standard InChI is InChI=1S/C15H22N2O/c1-12-6-3-4-7-14(12)10-16-13(2)11-17-9-5-8-15(17)18/h3-4,6-7,13,16H,5,8-11H2,1-2H3/t13-/m1/s1. The molecule has 1 aliphatic heterocycles. The molecule has 1 saturated heterocycles. The zero-order chi connectivity index (χ0) is 13.0. The number of nitrogens with zero attached hydrogens (tertiary/aromatic N) is 1. The topological polar surface area (TPSA) is 32.3 Å². The van der Waals surface area contributed by atoms with Crippen molar-refractivity contribution in [1.29, 1.82) is 0 Å². The molecule has 1 heterocycles. The SMILES string of the molecule is Cc1ccccc1CN[C@H](C)CN1CCCC1=O. The van der Waals surface area contributed by atoms with E-state index >= 15 is 0 Å². The number of hydrogen-bond donors (Lipinski definition) is 1. The summed E-state index contributed by atoms with van der Waals surface area (Å²) < 4.78 is 0. The van der Waals surface area contributed by atoms with Crippen LogP contribution in [-0.2, 0) is 11.3 Å². The Morgan fingerprint density at radius 3 is 2.83 bits per heavy atom. The number of rotatable bonds is 5. The number of carbonyl (C=O) groups is 1. The second-order valence-electron chi connectivity index (χ2n) is 5.15. The van der Waals surface area contributed by atoms with Gasteiger partial charge in [0.05, 0.1) is 0 Å². The van der Waals surface area contributed by atoms with Gasteiger partial charge in [-0.1, -0.05) is 24.3 Å². The molecular formula is C15H22N2O. The highest BCUT2D eigenvalue weighted by Gasteiger charge is 2.21. The first-order chi connectivity index (χ1) is 8.66. The van der Waals surface area contributed by atoms with E-state index in [1.54, 1.807) is 0 Å². The van der Waals surface area contributed by atoms with Crippen molar-refractivity contribution in [3.05, 3.63) is 35.4 Å². The van der Waals surface area contributed by atoms with Crippen LogP contribution in [0.1, 0.15) is 30.9 Å². The summed E-state index contributed by atoms with van der Waals surface area (Å²) in [7, 11) is 0. The first-order valence-corrected chi connectivity index (χ1v) is 6.72. The fourth-order valence-corrected chi connectivity index (χ4v) is 2.38. The molecule has 2 rings (SSSR count). The summed E-state index contributed by atoms with van der Waals surface area (Å²) >= 11 is 0. The quantitative estimate of drug-likeness (QED) is 0.863. The van der Waals surface area contributed by atoms with Crippen LogP contribution in [0.3, 0.4) is 0 Å². The van der Waals surface area contributed by atoms with Crippen molar-refractivity contribution in [3.63, 3.8) is 0 Å². The van der Waals surface area contributed by atoms with Gasteiger partial charge < -0.3 is 10.2 Å². The molecule has 1 aromatic rings. The molecule has 0 bridgehead atoms. The van der Waals surface area contributed by atoms with Crippen molar-refractivity contribution in [3.8, 4) is 0 Å². The minimum absolute atomic E-state index is 0.305. The minimum Gasteiger partial charge on any atom is -0.341 e. The van der Waals surface area contributed by atoms with Gasteiger partial charge in [0.1, 0.15) is 0 Å². The molecular weight excluding hydrogens is 224 g/mol. The second kappa shape index (κ2) is 6.01. The fourth-order valence-electron chi connectivity index (χ4n) is 2.38. The van der Waals surface area contributed by atoms with E-state index in [0.717, 1.165) is 32.5 Å². The molecule has 1 fully saturated rings. The molecule has 1 atom stereocenters. The Labute approximate surface area is 109 Å². The highest BCUT2D eigenvalue weighted by molar-refractivity contribution is 5.78. The van der Waals surface area contributed by atoms with Gasteiger partial charge in [0.15, 0.2) is 0 Å². The lowest BCUT2D eigenvalue weighted by Crippen LogP contribution is -2.39. The number of carbonyl (C=O) groups excluding carboxylic acids is 1. The van der Waals surface area contributed by atoms with E-state index in [2.05, 4.69) is 43.4 Å². The Morgan fingerprint density at radius 1 is 1.39 bits per heavy atom. The summed E-state index contributed by atoms with van der Waals surface area (Å²) in [6.45, 7) is 6.89. The highest BCUT2D eigenvalue weighted by Crippen LogP contribution is 2.10. The van der Waals surface area contributed by atoms with E-state index in [0.29, 0.717) is 11.9 Å². The smallest absolute Gasteiger partial charge is 0.222 e. The average molecular weight is 246 g/mol. The van der Waals surface area contributed by atoms with Gasteiger partial charge in [-0.25, -0.2) is 0 Å². The van der Waals surface area contributed by atoms with Crippen LogP contribution >= 0.6 is 0 Å². The predicted octanol–water partition coefficient (Wildman–Crippen LogP) is 2.10. The van der Waals surface area contributed by atoms with Gasteiger partial charge in [-0.05, 0) is 31.4 Å². The number of benzene rings is 1. The summed E-state index contributed by atoms with van der Waals surface area (Å²) in [5.41, 5.74) is 2.64. The van der Waals surface area contributed by atoms with Crippen molar-refractivity contribution in [1.82, 2.24) is 10.2 Å². The third-order valence-corrected chi connectivity index (χ3v) is 3.57. The van der Waals surface area contributed by atoms with Crippen LogP contribution in [0.5, 0.6) is 0 Å². The maximum Gasteiger partial charge on any atom is 0.222 e. The zero-order valence-corrected chi connectivity index (χ0v) is 11.3. The molecule has 98 valence electrons. The lowest BCUT2D eigenvalue weighted by Gasteiger charge is -2.22. The molecule has 0 aliphatic carbocycles. The first kappa shape index (κ1) is 13.1. The Hall–Kier alpha value is -1.35. The zero-order valence-electron chi connectivity index (χ0n) is 11.3. The summed E-state index contributed by atoms with van der Waals surface area (Å²) in [5, 5.41) is 3.49. The van der Waals surface area contributed by atoms with E-state index in [4.69, 9.17) is 0 Å². The van der Waals surface area contributed by atoms with Crippen LogP contribution in [0, 0.1) is 6.92 Å². The van der Waals surface area contributed by atoms with Crippen LogP contribution in [0.4, 0.5) is 0 Å². The van der Waals surface area contributed by atoms with Crippen molar-refractivity contribution < 1.29 is 4.79 Å². The number of hydrogen-bond acceptors (Lipinski definition) is 2. The molecule has 0 spiro atoms. The van der Waals surface area contributed by atoms with Crippen LogP contribution < -0.4 is 5.32 Å². The molecule has 1 aromatic carbocycles. The van der Waals surface area contributed by atoms with Crippen molar-refractivity contribution >= 4 is 5.91 Å². The van der Waals surface area contributed by atoms with Gasteiger partial charge in [0.25, 0.3) is 0 Å². The molecule has 0 aromatic heterocycles. The van der Waals surface area contributed by atoms with Gasteiger partial charge in [-0.2, -0.15) is 0 Å². The van der Waals surface area contributed by atoms with Crippen molar-refractivity contribution in [2.45, 2.75) is 39.3 Å². The Balaban J connectivity index is 1.80. The van der Waals surface area contributed by atoms with E-state index in [1.807, 2.05) is 4.90 Å². The first-order valence-electron chi connectivity index (χ1n) is 6.72. The van der Waals surface area contributed by atoms with Gasteiger partial charge in [0, 0.05) is 32.1 Å². The summed E-state index contributed by atoms with van der Waals surface area (Å²) in [5.74, 6) is 0.305. The monoisotopic (exact) mass is 246 g/mol. The van der Waals surface area contributed by atoms with E-state index in [1.165, 1.54) is 11.1 Å². The minimum atomic E-state index is 0.305. The van der Waals surface area contributed by atoms with E-state index in [9.17, 15) is 4.79 Å². The van der Waals surface area contributed by atoms with Gasteiger partial charge in [0.2, 0.25) is 5.91 Å². The van der Waals surface area contributed by atoms with Crippen LogP contribution in [0.2, 0.25) is 0 Å². The van der Waals surface area contributed by atoms with Gasteiger partial charge >= 0.3 is 0 Å². The predicted molar refractivity (Wildman–Crippen MR) is 73.3 cm³/mol. The van der Waals surface area contributed by atoms with E-state index in [-0.39, 0.29) is 0 Å². The van der Waals surface area contributed by atoms with Crippen molar-refractivity contribution in [2.75, 3.05) is 13.1 Å². The molecule has 1 N–H and O–H groups in total. The van der Waals surface area contributed by atoms with Crippen molar-refractivity contribution in [2.24, 2.45) is 0 Å². The molecule has 0 radical (unpaired) electrons. The largest absolute Gasteiger partial charge is 0.341 e. The molecule has 0 unspecified atom stereocenters. The molecule has 18 heavy (non-hydrogen) atoms. The summed E-state index contributed by atoms with van der Waals surface area (Å²) in [6.07, 6.45) is 1.74. The molecule has 1 amide bonds. The van der Waals surface area contributed by atoms with Gasteiger partial charge in [-0.3, -0.25) is 4.79 Å². The fraction of sp³-hybridized carbons (Fsp3) is 0.533. The maximum atomic E-state index is 11.5. The Morgan fingerprint density at radius 2 is 2.17 bits per heavy atom. The Bertz CT molecular complexity index is 417. The maximum absolute atomic E-state index is 11.5. The average Bonchev–Trinajstić information content (AvgIpc) is 2.74. The third-order valence-electron chi connectivity index (χ3n) is 3.57. The third kappa shape index (κ3) is 3.33. The summed E-state index contributed by atoms with van der Waals surface area (Å²) in [6, 6.07) is 8.75. The molecule has 1 aliphatic rings. The lowest BCUT2D eigenvalue weighted by atomic mass is 10.1. The molecule has 0 saturated carbocycles. The summed E-state index contributed by atoms with van der Waals surface area (Å²) in [4.78, 5) is 13.5. The van der Waals surface area contributed by atoms with Crippen LogP contribution in [-0.4, -0.2) is 29.9 Å². The number of amides is 1. The lowest BCUT2D eigenvalue weighted by molar-refractivity contribution is -0.127. The van der Waals surface area contributed by atoms with Crippen LogP contribution in [0.15, 0.2) is 24.3 Å². The Kier molecular flexibility index (Phi) is 4.37. The van der Waals surface area contributed by atoms with Gasteiger partial charge in [-0.15, -0.1) is 0 Å². The number of nitrogens with one attached hydrogen (secondary N) is 1. The van der Waals surface area contributed by atoms with Crippen LogP contribution in [0.25, 0.3) is 0 Å². The molecule has 3 nitrogen and oxygen atoms in total. The highest BCUT2D eigenvalue weighted by atomic mass is 16.2. The van der Waals surface area contributed by atoms with E-state index < -0.39 is 0 Å². The normalized spacial score (nSPS) is 17.2. The second-order valence-corrected chi connectivity index (χ2v) is 5.15.